The fourth-order valence-corrected chi connectivity index (χ4v) is 5.56. The first-order valence-electron chi connectivity index (χ1n) is 10.3. The summed E-state index contributed by atoms with van der Waals surface area (Å²) in [6, 6.07) is 14.0. The molecule has 0 saturated carbocycles. The molecule has 158 valence electrons. The molecule has 0 radical (unpaired) electrons. The number of hydrogen-bond acceptors (Lipinski definition) is 6. The Morgan fingerprint density at radius 2 is 2.06 bits per heavy atom. The number of piperidine rings is 1. The van der Waals surface area contributed by atoms with E-state index in [-0.39, 0.29) is 17.4 Å². The summed E-state index contributed by atoms with van der Waals surface area (Å²) < 4.78 is 0.629. The molecular weight excluding hydrogens is 428 g/mol. The molecule has 3 aromatic heterocycles. The highest BCUT2D eigenvalue weighted by Crippen LogP contribution is 2.32. The van der Waals surface area contributed by atoms with Crippen LogP contribution in [-0.2, 0) is 11.3 Å². The van der Waals surface area contributed by atoms with Crippen molar-refractivity contribution in [2.45, 2.75) is 19.4 Å². The second kappa shape index (κ2) is 8.64. The van der Waals surface area contributed by atoms with Crippen LogP contribution in [0.15, 0.2) is 58.0 Å². The zero-order chi connectivity index (χ0) is 21.2. The van der Waals surface area contributed by atoms with Gasteiger partial charge < -0.3 is 10.2 Å². The first-order valence-corrected chi connectivity index (χ1v) is 12.1. The normalized spacial score (nSPS) is 16.5. The van der Waals surface area contributed by atoms with Gasteiger partial charge in [0.2, 0.25) is 11.9 Å². The summed E-state index contributed by atoms with van der Waals surface area (Å²) in [6.45, 7) is 1.88. The number of H-pyrrole nitrogens is 1. The average molecular weight is 451 g/mol. The molecule has 1 aliphatic heterocycles. The molecule has 0 bridgehead atoms. The number of carbonyl (C=O) groups is 1. The van der Waals surface area contributed by atoms with Crippen molar-refractivity contribution in [3.63, 3.8) is 0 Å². The molecule has 1 saturated heterocycles. The van der Waals surface area contributed by atoms with Crippen LogP contribution in [0.3, 0.4) is 0 Å². The van der Waals surface area contributed by atoms with Crippen molar-refractivity contribution in [1.82, 2.24) is 15.3 Å². The average Bonchev–Trinajstić information content (AvgIpc) is 3.48. The van der Waals surface area contributed by atoms with Gasteiger partial charge in [0.1, 0.15) is 4.70 Å². The summed E-state index contributed by atoms with van der Waals surface area (Å²) in [5, 5.41) is 7.05. The highest BCUT2D eigenvalue weighted by atomic mass is 32.1. The van der Waals surface area contributed by atoms with Crippen molar-refractivity contribution in [2.24, 2.45) is 5.92 Å². The number of fused-ring (bicyclic) bond motifs is 1. The molecule has 1 amide bonds. The number of aromatic nitrogens is 2. The third-order valence-corrected chi connectivity index (χ3v) is 7.45. The molecule has 2 N–H and O–H groups in total. The summed E-state index contributed by atoms with van der Waals surface area (Å²) in [5.41, 5.74) is 2.60. The van der Waals surface area contributed by atoms with Crippen LogP contribution in [0.25, 0.3) is 21.3 Å². The van der Waals surface area contributed by atoms with Crippen LogP contribution in [0.2, 0.25) is 0 Å². The zero-order valence-electron chi connectivity index (χ0n) is 16.8. The molecule has 1 atom stereocenters. The van der Waals surface area contributed by atoms with Crippen LogP contribution in [-0.4, -0.2) is 29.0 Å². The fraction of sp³-hybridized carbons (Fsp3) is 0.261. The maximum atomic E-state index is 12.7. The Morgan fingerprint density at radius 3 is 2.87 bits per heavy atom. The predicted octanol–water partition coefficient (Wildman–Crippen LogP) is 4.25. The van der Waals surface area contributed by atoms with Crippen LogP contribution in [0, 0.1) is 5.92 Å². The third kappa shape index (κ3) is 4.13. The van der Waals surface area contributed by atoms with Gasteiger partial charge in [-0.3, -0.25) is 14.6 Å². The van der Waals surface area contributed by atoms with E-state index in [1.807, 2.05) is 58.1 Å². The Balaban J connectivity index is 1.38. The number of carbonyl (C=O) groups excluding carboxylic acids is 1. The molecule has 4 aromatic rings. The Hall–Kier alpha value is -2.97. The number of rotatable bonds is 5. The summed E-state index contributed by atoms with van der Waals surface area (Å²) in [5.74, 6) is 0.483. The first kappa shape index (κ1) is 20.0. The minimum atomic E-state index is -0.128. The Kier molecular flexibility index (Phi) is 5.57. The van der Waals surface area contributed by atoms with E-state index >= 15 is 0 Å². The van der Waals surface area contributed by atoms with Gasteiger partial charge in [-0.15, -0.1) is 22.7 Å². The summed E-state index contributed by atoms with van der Waals surface area (Å²) >= 11 is 3.05. The number of aromatic amines is 1. The predicted molar refractivity (Wildman–Crippen MR) is 127 cm³/mol. The van der Waals surface area contributed by atoms with Crippen molar-refractivity contribution in [3.8, 4) is 11.1 Å². The van der Waals surface area contributed by atoms with E-state index in [4.69, 9.17) is 4.98 Å². The number of nitrogens with zero attached hydrogens (tertiary/aromatic N) is 2. The Bertz CT molecular complexity index is 1250. The third-order valence-electron chi connectivity index (χ3n) is 5.61. The first-order chi connectivity index (χ1) is 15.2. The standard InChI is InChI=1S/C23H22N4O2S2/c28-21(24-12-17-9-5-11-30-17)16-8-4-10-27(13-16)23-25-19-18(15-6-2-1-3-7-15)14-31-20(19)22(29)26-23/h1-3,5-7,9,11,14,16H,4,8,10,12-13H2,(H,24,28)(H,25,26,29). The van der Waals surface area contributed by atoms with Crippen LogP contribution in [0.5, 0.6) is 0 Å². The molecule has 1 unspecified atom stereocenters. The lowest BCUT2D eigenvalue weighted by atomic mass is 9.97. The number of anilines is 1. The van der Waals surface area contributed by atoms with Gasteiger partial charge in [-0.05, 0) is 29.9 Å². The molecule has 1 aromatic carbocycles. The molecule has 31 heavy (non-hydrogen) atoms. The Labute approximate surface area is 187 Å². The second-order valence-corrected chi connectivity index (χ2v) is 9.58. The van der Waals surface area contributed by atoms with Gasteiger partial charge in [0.15, 0.2) is 0 Å². The smallest absolute Gasteiger partial charge is 0.270 e. The number of amides is 1. The van der Waals surface area contributed by atoms with Crippen molar-refractivity contribution in [3.05, 3.63) is 68.5 Å². The van der Waals surface area contributed by atoms with Gasteiger partial charge in [-0.2, -0.15) is 0 Å². The van der Waals surface area contributed by atoms with E-state index in [0.717, 1.165) is 40.9 Å². The van der Waals surface area contributed by atoms with E-state index in [1.165, 1.54) is 11.3 Å². The molecule has 6 nitrogen and oxygen atoms in total. The van der Waals surface area contributed by atoms with Crippen LogP contribution in [0.1, 0.15) is 17.7 Å². The SMILES string of the molecule is O=C(NCc1cccs1)C1CCCN(c2nc3c(-c4ccccc4)csc3c(=O)[nH]2)C1. The van der Waals surface area contributed by atoms with Crippen molar-refractivity contribution in [2.75, 3.05) is 18.0 Å². The highest BCUT2D eigenvalue weighted by Gasteiger charge is 2.27. The molecular formula is C23H22N4O2S2. The Morgan fingerprint density at radius 1 is 1.19 bits per heavy atom. The van der Waals surface area contributed by atoms with Gasteiger partial charge in [0.25, 0.3) is 5.56 Å². The quantitative estimate of drug-likeness (QED) is 0.477. The molecule has 8 heteroatoms. The monoisotopic (exact) mass is 450 g/mol. The lowest BCUT2D eigenvalue weighted by Crippen LogP contribution is -2.43. The second-order valence-electron chi connectivity index (χ2n) is 7.67. The largest absolute Gasteiger partial charge is 0.351 e. The number of benzene rings is 1. The van der Waals surface area contributed by atoms with E-state index in [2.05, 4.69) is 10.3 Å². The number of thiophene rings is 2. The van der Waals surface area contributed by atoms with Crippen molar-refractivity contribution in [1.29, 1.82) is 0 Å². The van der Waals surface area contributed by atoms with E-state index in [1.54, 1.807) is 11.3 Å². The molecule has 0 aliphatic carbocycles. The van der Waals surface area contributed by atoms with Gasteiger partial charge in [0, 0.05) is 28.9 Å². The van der Waals surface area contributed by atoms with Crippen molar-refractivity contribution >= 4 is 44.7 Å². The van der Waals surface area contributed by atoms with E-state index < -0.39 is 0 Å². The van der Waals surface area contributed by atoms with Gasteiger partial charge in [-0.1, -0.05) is 36.4 Å². The molecule has 1 aliphatic rings. The maximum Gasteiger partial charge on any atom is 0.270 e. The molecule has 5 rings (SSSR count). The maximum absolute atomic E-state index is 12.7. The summed E-state index contributed by atoms with van der Waals surface area (Å²) in [6.07, 6.45) is 1.72. The molecule has 0 spiro atoms. The summed E-state index contributed by atoms with van der Waals surface area (Å²) in [7, 11) is 0. The number of hydrogen-bond donors (Lipinski definition) is 2. The zero-order valence-corrected chi connectivity index (χ0v) is 18.5. The van der Waals surface area contributed by atoms with Crippen LogP contribution >= 0.6 is 22.7 Å². The van der Waals surface area contributed by atoms with Gasteiger partial charge in [0.05, 0.1) is 18.0 Å². The summed E-state index contributed by atoms with van der Waals surface area (Å²) in [4.78, 5) is 36.4. The minimum Gasteiger partial charge on any atom is -0.351 e. The molecule has 1 fully saturated rings. The van der Waals surface area contributed by atoms with Crippen LogP contribution < -0.4 is 15.8 Å². The fourth-order valence-electron chi connectivity index (χ4n) is 4.00. The molecule has 4 heterocycles. The van der Waals surface area contributed by atoms with Gasteiger partial charge in [-0.25, -0.2) is 4.98 Å². The highest BCUT2D eigenvalue weighted by molar-refractivity contribution is 7.17. The topological polar surface area (TPSA) is 78.1 Å². The van der Waals surface area contributed by atoms with Crippen LogP contribution in [0.4, 0.5) is 5.95 Å². The van der Waals surface area contributed by atoms with E-state index in [0.29, 0.717) is 23.7 Å². The lowest BCUT2D eigenvalue weighted by molar-refractivity contribution is -0.125. The van der Waals surface area contributed by atoms with Crippen molar-refractivity contribution < 1.29 is 4.79 Å². The number of nitrogens with one attached hydrogen (secondary N) is 2. The lowest BCUT2D eigenvalue weighted by Gasteiger charge is -2.32. The minimum absolute atomic E-state index is 0.0574. The van der Waals surface area contributed by atoms with Gasteiger partial charge >= 0.3 is 0 Å². The van der Waals surface area contributed by atoms with E-state index in [9.17, 15) is 9.59 Å².